The van der Waals surface area contributed by atoms with E-state index in [1.165, 1.54) is 50.3 Å². The summed E-state index contributed by atoms with van der Waals surface area (Å²) in [5.74, 6) is -1.63. The molecule has 0 aliphatic rings. The maximum Gasteiger partial charge on any atom is 0.338 e. The van der Waals surface area contributed by atoms with Crippen LogP contribution in [0.2, 0.25) is 0 Å². The molecule has 0 saturated carbocycles. The average Bonchev–Trinajstić information content (AvgIpc) is 2.86. The van der Waals surface area contributed by atoms with Crippen LogP contribution in [0.4, 0.5) is 4.39 Å². The van der Waals surface area contributed by atoms with Gasteiger partial charge in [0.1, 0.15) is 23.1 Å². The van der Waals surface area contributed by atoms with Crippen LogP contribution in [0.5, 0.6) is 17.2 Å². The summed E-state index contributed by atoms with van der Waals surface area (Å²) in [5, 5.41) is 0. The van der Waals surface area contributed by atoms with Crippen LogP contribution in [-0.2, 0) is 14.4 Å². The van der Waals surface area contributed by atoms with Crippen LogP contribution in [-0.4, -0.2) is 17.9 Å². The zero-order chi connectivity index (χ0) is 27.1. The summed E-state index contributed by atoms with van der Waals surface area (Å²) in [4.78, 5) is 35.7. The smallest absolute Gasteiger partial charge is 0.338 e. The van der Waals surface area contributed by atoms with Crippen LogP contribution < -0.4 is 14.2 Å². The predicted octanol–water partition coefficient (Wildman–Crippen LogP) is 6.60. The van der Waals surface area contributed by atoms with Crippen LogP contribution >= 0.6 is 0 Å². The molecule has 7 heteroatoms. The van der Waals surface area contributed by atoms with E-state index in [1.807, 2.05) is 0 Å². The van der Waals surface area contributed by atoms with E-state index in [1.54, 1.807) is 43.3 Å². The second kappa shape index (κ2) is 11.8. The summed E-state index contributed by atoms with van der Waals surface area (Å²) in [6.45, 7) is 11.8. The Kier molecular flexibility index (Phi) is 8.53. The van der Waals surface area contributed by atoms with Gasteiger partial charge in [0.2, 0.25) is 0 Å². The number of carbonyl (C=O) groups excluding carboxylic acids is 3. The Bertz CT molecular complexity index is 1400. The molecule has 37 heavy (non-hydrogen) atoms. The first-order valence-electron chi connectivity index (χ1n) is 11.2. The van der Waals surface area contributed by atoms with Gasteiger partial charge in [-0.05, 0) is 68.3 Å². The van der Waals surface area contributed by atoms with Crippen molar-refractivity contribution in [1.29, 1.82) is 0 Å². The van der Waals surface area contributed by atoms with Gasteiger partial charge in [-0.25, -0.2) is 18.8 Å². The second-order valence-corrected chi connectivity index (χ2v) is 8.14. The van der Waals surface area contributed by atoms with Crippen molar-refractivity contribution in [3.05, 3.63) is 103 Å². The van der Waals surface area contributed by atoms with Gasteiger partial charge in [0.25, 0.3) is 0 Å². The number of esters is 3. The third-order valence-corrected chi connectivity index (χ3v) is 5.03. The SMILES string of the molecule is C=C(C)C(=O)Oc1ccc(-c2cc(OC(=O)/C=C/C)c(-c3ccc(OC(=O)C(=C)C)cc3)cc2F)cc1. The summed E-state index contributed by atoms with van der Waals surface area (Å²) in [6.07, 6.45) is 2.78. The fourth-order valence-corrected chi connectivity index (χ4v) is 3.16. The quantitative estimate of drug-likeness (QED) is 0.197. The topological polar surface area (TPSA) is 78.9 Å². The molecule has 0 atom stereocenters. The highest BCUT2D eigenvalue weighted by Gasteiger charge is 2.17. The van der Waals surface area contributed by atoms with E-state index in [-0.39, 0.29) is 34.0 Å². The van der Waals surface area contributed by atoms with E-state index in [0.717, 1.165) is 0 Å². The van der Waals surface area contributed by atoms with Gasteiger partial charge in [-0.3, -0.25) is 0 Å². The fourth-order valence-electron chi connectivity index (χ4n) is 3.16. The van der Waals surface area contributed by atoms with E-state index >= 15 is 4.39 Å². The molecule has 0 bridgehead atoms. The first kappa shape index (κ1) is 26.8. The molecule has 0 radical (unpaired) electrons. The number of allylic oxidation sites excluding steroid dienone is 1. The zero-order valence-corrected chi connectivity index (χ0v) is 20.7. The van der Waals surface area contributed by atoms with E-state index in [9.17, 15) is 14.4 Å². The maximum absolute atomic E-state index is 15.3. The molecule has 0 fully saturated rings. The highest BCUT2D eigenvalue weighted by atomic mass is 19.1. The summed E-state index contributed by atoms with van der Waals surface area (Å²) >= 11 is 0. The van der Waals surface area contributed by atoms with Gasteiger partial charge in [0, 0.05) is 28.3 Å². The second-order valence-electron chi connectivity index (χ2n) is 8.14. The first-order valence-corrected chi connectivity index (χ1v) is 11.2. The Morgan fingerprint density at radius 3 is 1.62 bits per heavy atom. The number of hydrogen-bond donors (Lipinski definition) is 0. The van der Waals surface area contributed by atoms with Crippen LogP contribution in [0.3, 0.4) is 0 Å². The molecular formula is C30H25FO6. The molecule has 0 aliphatic heterocycles. The zero-order valence-electron chi connectivity index (χ0n) is 20.7. The Labute approximate surface area is 214 Å². The number of hydrogen-bond acceptors (Lipinski definition) is 6. The van der Waals surface area contributed by atoms with Crippen molar-refractivity contribution in [1.82, 2.24) is 0 Å². The number of ether oxygens (including phenoxy) is 3. The molecule has 188 valence electrons. The van der Waals surface area contributed by atoms with Crippen LogP contribution in [0.15, 0.2) is 97.1 Å². The minimum Gasteiger partial charge on any atom is -0.423 e. The summed E-state index contributed by atoms with van der Waals surface area (Å²) in [5.41, 5.74) is 2.01. The highest BCUT2D eigenvalue weighted by Crippen LogP contribution is 2.37. The minimum absolute atomic E-state index is 0.129. The van der Waals surface area contributed by atoms with Crippen LogP contribution in [0.25, 0.3) is 22.3 Å². The molecule has 0 spiro atoms. The van der Waals surface area contributed by atoms with E-state index in [2.05, 4.69) is 13.2 Å². The molecule has 0 aliphatic carbocycles. The normalized spacial score (nSPS) is 10.6. The monoisotopic (exact) mass is 500 g/mol. The Balaban J connectivity index is 1.99. The molecule has 6 nitrogen and oxygen atoms in total. The Morgan fingerprint density at radius 1 is 0.730 bits per heavy atom. The molecule has 3 aromatic rings. The van der Waals surface area contributed by atoms with Crippen molar-refractivity contribution < 1.29 is 33.0 Å². The van der Waals surface area contributed by atoms with E-state index in [4.69, 9.17) is 14.2 Å². The number of benzene rings is 3. The highest BCUT2D eigenvalue weighted by molar-refractivity contribution is 5.90. The molecule has 0 saturated heterocycles. The van der Waals surface area contributed by atoms with Crippen LogP contribution in [0.1, 0.15) is 20.8 Å². The first-order chi connectivity index (χ1) is 17.6. The lowest BCUT2D eigenvalue weighted by Gasteiger charge is -2.14. The van der Waals surface area contributed by atoms with Gasteiger partial charge in [0.15, 0.2) is 0 Å². The predicted molar refractivity (Wildman–Crippen MR) is 139 cm³/mol. The molecule has 0 amide bonds. The van der Waals surface area contributed by atoms with Crippen molar-refractivity contribution in [3.63, 3.8) is 0 Å². The molecule has 3 rings (SSSR count). The molecular weight excluding hydrogens is 475 g/mol. The lowest BCUT2D eigenvalue weighted by molar-refractivity contribution is -0.130. The van der Waals surface area contributed by atoms with Crippen molar-refractivity contribution in [3.8, 4) is 39.5 Å². The molecule has 0 heterocycles. The Morgan fingerprint density at radius 2 is 1.19 bits per heavy atom. The summed E-state index contributed by atoms with van der Waals surface area (Å²) in [7, 11) is 0. The standard InChI is InChI=1S/C30H25FO6/c1-6-7-28(32)37-27-17-24(20-8-12-22(13-9-20)35-29(33)18(2)3)26(31)16-25(27)21-10-14-23(15-11-21)36-30(34)19(4)5/h6-17H,2,4H2,1,3,5H3/b7-6+. The molecule has 0 N–H and O–H groups in total. The van der Waals surface area contributed by atoms with Gasteiger partial charge in [-0.2, -0.15) is 0 Å². The molecule has 0 aromatic heterocycles. The lowest BCUT2D eigenvalue weighted by atomic mass is 9.98. The van der Waals surface area contributed by atoms with Gasteiger partial charge >= 0.3 is 17.9 Å². The van der Waals surface area contributed by atoms with Crippen LogP contribution in [0, 0.1) is 5.82 Å². The van der Waals surface area contributed by atoms with E-state index in [0.29, 0.717) is 16.7 Å². The third-order valence-electron chi connectivity index (χ3n) is 5.03. The maximum atomic E-state index is 15.3. The largest absolute Gasteiger partial charge is 0.423 e. The average molecular weight is 501 g/mol. The van der Waals surface area contributed by atoms with Crippen molar-refractivity contribution in [2.24, 2.45) is 0 Å². The molecule has 0 unspecified atom stereocenters. The number of rotatable bonds is 8. The van der Waals surface area contributed by atoms with Crippen molar-refractivity contribution in [2.45, 2.75) is 20.8 Å². The number of halogens is 1. The van der Waals surface area contributed by atoms with Gasteiger partial charge in [-0.15, -0.1) is 0 Å². The molecule has 3 aromatic carbocycles. The van der Waals surface area contributed by atoms with Crippen molar-refractivity contribution >= 4 is 17.9 Å². The van der Waals surface area contributed by atoms with E-state index < -0.39 is 23.7 Å². The third kappa shape index (κ3) is 6.89. The van der Waals surface area contributed by atoms with Gasteiger partial charge < -0.3 is 14.2 Å². The summed E-state index contributed by atoms with van der Waals surface area (Å²) in [6, 6.07) is 15.2. The summed E-state index contributed by atoms with van der Waals surface area (Å²) < 4.78 is 31.2. The minimum atomic E-state index is -0.629. The van der Waals surface area contributed by atoms with Crippen molar-refractivity contribution in [2.75, 3.05) is 0 Å². The fraction of sp³-hybridized carbons (Fsp3) is 0.100. The Hall–Kier alpha value is -4.78. The number of carbonyl (C=O) groups is 3. The lowest BCUT2D eigenvalue weighted by Crippen LogP contribution is -2.08. The van der Waals surface area contributed by atoms with Gasteiger partial charge in [-0.1, -0.05) is 43.5 Å². The van der Waals surface area contributed by atoms with Gasteiger partial charge in [0.05, 0.1) is 0 Å².